The number of halogens is 3. The number of hydrogen-bond acceptors (Lipinski definition) is 6. The van der Waals surface area contributed by atoms with E-state index in [0.717, 1.165) is 5.52 Å². The third kappa shape index (κ3) is 2.47. The van der Waals surface area contributed by atoms with Crippen molar-refractivity contribution in [2.75, 3.05) is 0 Å². The molecule has 0 aliphatic heterocycles. The Labute approximate surface area is 131 Å². The summed E-state index contributed by atoms with van der Waals surface area (Å²) in [5, 5.41) is 7.40. The van der Waals surface area contributed by atoms with E-state index < -0.39 is 12.1 Å². The van der Waals surface area contributed by atoms with Gasteiger partial charge in [0.05, 0.1) is 23.1 Å². The molecule has 0 aromatic carbocycles. The molecular formula is C14H7F3N6O. The summed E-state index contributed by atoms with van der Waals surface area (Å²) >= 11 is 0. The summed E-state index contributed by atoms with van der Waals surface area (Å²) in [6.45, 7) is 0. The zero-order valence-electron chi connectivity index (χ0n) is 11.8. The molecule has 4 rings (SSSR count). The van der Waals surface area contributed by atoms with Gasteiger partial charge in [-0.05, 0) is 24.3 Å². The second-order valence-electron chi connectivity index (χ2n) is 4.83. The second kappa shape index (κ2) is 5.11. The number of nitrogens with zero attached hydrogens (tertiary/aromatic N) is 6. The molecule has 0 N–H and O–H groups in total. The van der Waals surface area contributed by atoms with Gasteiger partial charge >= 0.3 is 12.1 Å². The summed E-state index contributed by atoms with van der Waals surface area (Å²) < 4.78 is 43.5. The van der Waals surface area contributed by atoms with Crippen molar-refractivity contribution in [1.82, 2.24) is 29.7 Å². The normalized spacial score (nSPS) is 12.0. The van der Waals surface area contributed by atoms with Crippen LogP contribution < -0.4 is 0 Å². The Balaban J connectivity index is 1.74. The monoisotopic (exact) mass is 332 g/mol. The second-order valence-corrected chi connectivity index (χ2v) is 4.83. The Morgan fingerprint density at radius 1 is 1.00 bits per heavy atom. The number of pyridine rings is 1. The highest BCUT2D eigenvalue weighted by Gasteiger charge is 2.38. The van der Waals surface area contributed by atoms with Gasteiger partial charge in [-0.3, -0.25) is 4.98 Å². The van der Waals surface area contributed by atoms with Crippen molar-refractivity contribution >= 4 is 5.52 Å². The number of aromatic nitrogens is 6. The van der Waals surface area contributed by atoms with E-state index in [1.165, 1.54) is 18.6 Å². The molecule has 0 fully saturated rings. The minimum atomic E-state index is -4.68. The van der Waals surface area contributed by atoms with Crippen molar-refractivity contribution in [3.63, 3.8) is 0 Å². The summed E-state index contributed by atoms with van der Waals surface area (Å²) in [6, 6.07) is 6.59. The zero-order valence-corrected chi connectivity index (χ0v) is 11.8. The smallest absolute Gasteiger partial charge is 0.329 e. The molecule has 7 nitrogen and oxygen atoms in total. The molecule has 0 saturated carbocycles. The molecule has 0 aliphatic carbocycles. The Morgan fingerprint density at radius 3 is 2.62 bits per heavy atom. The molecule has 0 unspecified atom stereocenters. The van der Waals surface area contributed by atoms with E-state index in [2.05, 4.69) is 29.7 Å². The summed E-state index contributed by atoms with van der Waals surface area (Å²) in [6.07, 6.45) is -0.0932. The maximum absolute atomic E-state index is 12.6. The van der Waals surface area contributed by atoms with Crippen LogP contribution in [0, 0.1) is 0 Å². The van der Waals surface area contributed by atoms with Crippen molar-refractivity contribution in [2.24, 2.45) is 0 Å². The molecule has 120 valence electrons. The van der Waals surface area contributed by atoms with Crippen molar-refractivity contribution < 1.29 is 17.7 Å². The van der Waals surface area contributed by atoms with Gasteiger partial charge < -0.3 is 4.52 Å². The lowest BCUT2D eigenvalue weighted by molar-refractivity contribution is -0.159. The highest BCUT2D eigenvalue weighted by Crippen LogP contribution is 2.30. The highest BCUT2D eigenvalue weighted by molar-refractivity contribution is 5.67. The molecule has 10 heteroatoms. The lowest BCUT2D eigenvalue weighted by Crippen LogP contribution is -2.04. The summed E-state index contributed by atoms with van der Waals surface area (Å²) in [7, 11) is 0. The first-order chi connectivity index (χ1) is 11.5. The maximum Gasteiger partial charge on any atom is 0.471 e. The molecule has 0 bridgehead atoms. The topological polar surface area (TPSA) is 82.0 Å². The SMILES string of the molecule is FC(F)(F)c1nc(-c2ccnc(-c3cc4ccnn4cn3)c2)no1. The average Bonchev–Trinajstić information content (AvgIpc) is 3.23. The van der Waals surface area contributed by atoms with E-state index in [9.17, 15) is 13.2 Å². The molecule has 0 radical (unpaired) electrons. The molecule has 0 amide bonds. The van der Waals surface area contributed by atoms with Crippen LogP contribution in [0.5, 0.6) is 0 Å². The Morgan fingerprint density at radius 2 is 1.83 bits per heavy atom. The third-order valence-electron chi connectivity index (χ3n) is 3.24. The van der Waals surface area contributed by atoms with Crippen LogP contribution in [-0.4, -0.2) is 29.7 Å². The van der Waals surface area contributed by atoms with Crippen molar-refractivity contribution in [3.8, 4) is 22.8 Å². The van der Waals surface area contributed by atoms with Crippen molar-refractivity contribution in [2.45, 2.75) is 6.18 Å². The number of rotatable bonds is 2. The first-order valence-corrected chi connectivity index (χ1v) is 6.68. The number of fused-ring (bicyclic) bond motifs is 1. The van der Waals surface area contributed by atoms with E-state index >= 15 is 0 Å². The van der Waals surface area contributed by atoms with Gasteiger partial charge in [-0.25, -0.2) is 9.50 Å². The Bertz CT molecular complexity index is 1020. The minimum absolute atomic E-state index is 0.170. The lowest BCUT2D eigenvalue weighted by Gasteiger charge is -2.02. The number of hydrogen-bond donors (Lipinski definition) is 0. The summed E-state index contributed by atoms with van der Waals surface area (Å²) in [5.41, 5.74) is 2.17. The fourth-order valence-electron chi connectivity index (χ4n) is 2.14. The quantitative estimate of drug-likeness (QED) is 0.561. The van der Waals surface area contributed by atoms with Gasteiger partial charge in [-0.1, -0.05) is 5.16 Å². The van der Waals surface area contributed by atoms with E-state index in [4.69, 9.17) is 0 Å². The van der Waals surface area contributed by atoms with Crippen LogP contribution in [0.3, 0.4) is 0 Å². The van der Waals surface area contributed by atoms with Gasteiger partial charge in [0.2, 0.25) is 5.82 Å². The van der Waals surface area contributed by atoms with Crippen LogP contribution in [-0.2, 0) is 6.18 Å². The predicted octanol–water partition coefficient (Wildman–Crippen LogP) is 2.86. The first kappa shape index (κ1) is 14.3. The first-order valence-electron chi connectivity index (χ1n) is 6.68. The Kier molecular flexibility index (Phi) is 3.05. The molecule has 24 heavy (non-hydrogen) atoms. The lowest BCUT2D eigenvalue weighted by atomic mass is 10.2. The molecule has 4 aromatic rings. The van der Waals surface area contributed by atoms with E-state index in [-0.39, 0.29) is 5.82 Å². The average molecular weight is 332 g/mol. The van der Waals surface area contributed by atoms with E-state index in [1.807, 2.05) is 0 Å². The van der Waals surface area contributed by atoms with Gasteiger partial charge in [0, 0.05) is 11.8 Å². The van der Waals surface area contributed by atoms with Crippen LogP contribution >= 0.6 is 0 Å². The molecule has 4 aromatic heterocycles. The molecule has 0 atom stereocenters. The number of alkyl halides is 3. The molecule has 0 aliphatic rings. The van der Waals surface area contributed by atoms with Crippen LogP contribution in [0.1, 0.15) is 5.89 Å². The van der Waals surface area contributed by atoms with E-state index in [1.54, 1.807) is 28.9 Å². The molecule has 0 saturated heterocycles. The van der Waals surface area contributed by atoms with Crippen LogP contribution in [0.4, 0.5) is 13.2 Å². The van der Waals surface area contributed by atoms with Crippen molar-refractivity contribution in [3.05, 3.63) is 48.9 Å². The van der Waals surface area contributed by atoms with Gasteiger partial charge in [-0.2, -0.15) is 23.3 Å². The molecule has 0 spiro atoms. The fourth-order valence-corrected chi connectivity index (χ4v) is 2.14. The summed E-state index contributed by atoms with van der Waals surface area (Å²) in [4.78, 5) is 11.8. The van der Waals surface area contributed by atoms with Crippen LogP contribution in [0.15, 0.2) is 47.5 Å². The van der Waals surface area contributed by atoms with Gasteiger partial charge in [0.25, 0.3) is 0 Å². The van der Waals surface area contributed by atoms with Crippen LogP contribution in [0.2, 0.25) is 0 Å². The largest absolute Gasteiger partial charge is 0.471 e. The third-order valence-corrected chi connectivity index (χ3v) is 3.24. The Hall–Kier alpha value is -3.30. The van der Waals surface area contributed by atoms with Gasteiger partial charge in [0.15, 0.2) is 0 Å². The zero-order chi connectivity index (χ0) is 16.7. The van der Waals surface area contributed by atoms with Gasteiger partial charge in [-0.15, -0.1) is 0 Å². The summed E-state index contributed by atoms with van der Waals surface area (Å²) in [5.74, 6) is -1.56. The molecular weight excluding hydrogens is 325 g/mol. The van der Waals surface area contributed by atoms with Crippen LogP contribution in [0.25, 0.3) is 28.3 Å². The highest BCUT2D eigenvalue weighted by atomic mass is 19.4. The van der Waals surface area contributed by atoms with Crippen molar-refractivity contribution in [1.29, 1.82) is 0 Å². The standard InChI is InChI=1S/C14H7F3N6O/c15-14(16,17)13-21-12(22-24-13)8-1-3-18-10(5-8)11-6-9-2-4-20-23(9)7-19-11/h1-7H. The molecule has 4 heterocycles. The fraction of sp³-hybridized carbons (Fsp3) is 0.0714. The van der Waals surface area contributed by atoms with Gasteiger partial charge in [0.1, 0.15) is 6.33 Å². The van der Waals surface area contributed by atoms with E-state index in [0.29, 0.717) is 17.0 Å². The predicted molar refractivity (Wildman–Crippen MR) is 74.5 cm³/mol. The minimum Gasteiger partial charge on any atom is -0.329 e. The maximum atomic E-state index is 12.6.